The van der Waals surface area contributed by atoms with Gasteiger partial charge in [0.05, 0.1) is 0 Å². The highest BCUT2D eigenvalue weighted by Crippen LogP contribution is 2.26. The normalized spacial score (nSPS) is 24.0. The molecule has 1 amide bonds. The molecule has 2 fully saturated rings. The lowest BCUT2D eigenvalue weighted by atomic mass is 9.88. The first-order valence-electron chi connectivity index (χ1n) is 8.10. The number of likely N-dealkylation sites (tertiary alicyclic amines) is 1. The van der Waals surface area contributed by atoms with Crippen LogP contribution in [0, 0.1) is 5.92 Å². The molecule has 0 radical (unpaired) electrons. The standard InChI is InChI=1S/C15H25N5O/c1-10(2)13-17-14(19-18-13)15(21)20-8-5-11(6-9-20)12-4-3-7-16-12/h10-12,16H,3-9H2,1-2H3,(H,17,18,19). The summed E-state index contributed by atoms with van der Waals surface area (Å²) in [5.74, 6) is 2.05. The van der Waals surface area contributed by atoms with Gasteiger partial charge in [0.25, 0.3) is 5.91 Å². The maximum absolute atomic E-state index is 12.4. The summed E-state index contributed by atoms with van der Waals surface area (Å²) in [7, 11) is 0. The van der Waals surface area contributed by atoms with Gasteiger partial charge < -0.3 is 10.2 Å². The number of carbonyl (C=O) groups excluding carboxylic acids is 1. The smallest absolute Gasteiger partial charge is 0.293 e. The SMILES string of the molecule is CC(C)c1nc(C(=O)N2CCC(C3CCCN3)CC2)n[nH]1. The number of nitrogens with zero attached hydrogens (tertiary/aromatic N) is 3. The van der Waals surface area contributed by atoms with Gasteiger partial charge >= 0.3 is 0 Å². The zero-order valence-electron chi connectivity index (χ0n) is 12.9. The minimum atomic E-state index is -0.0315. The van der Waals surface area contributed by atoms with Crippen molar-refractivity contribution in [2.75, 3.05) is 19.6 Å². The van der Waals surface area contributed by atoms with Crippen LogP contribution >= 0.6 is 0 Å². The van der Waals surface area contributed by atoms with E-state index < -0.39 is 0 Å². The Morgan fingerprint density at radius 2 is 2.05 bits per heavy atom. The molecule has 2 saturated heterocycles. The number of aromatic amines is 1. The molecule has 6 heteroatoms. The predicted molar refractivity (Wildman–Crippen MR) is 80.1 cm³/mol. The van der Waals surface area contributed by atoms with E-state index in [1.54, 1.807) is 0 Å². The van der Waals surface area contributed by atoms with Gasteiger partial charge in [-0.3, -0.25) is 9.89 Å². The van der Waals surface area contributed by atoms with Crippen LogP contribution in [0.1, 0.15) is 61.9 Å². The van der Waals surface area contributed by atoms with Crippen LogP contribution < -0.4 is 5.32 Å². The number of carbonyl (C=O) groups is 1. The number of rotatable bonds is 3. The van der Waals surface area contributed by atoms with Crippen molar-refractivity contribution >= 4 is 5.91 Å². The van der Waals surface area contributed by atoms with Crippen molar-refractivity contribution in [2.24, 2.45) is 5.92 Å². The zero-order valence-corrected chi connectivity index (χ0v) is 12.9. The van der Waals surface area contributed by atoms with Crippen LogP contribution in [0.25, 0.3) is 0 Å². The monoisotopic (exact) mass is 291 g/mol. The van der Waals surface area contributed by atoms with Crippen molar-refractivity contribution in [3.05, 3.63) is 11.6 Å². The van der Waals surface area contributed by atoms with Crippen LogP contribution in [0.15, 0.2) is 0 Å². The van der Waals surface area contributed by atoms with Crippen molar-refractivity contribution in [3.63, 3.8) is 0 Å². The molecule has 1 aromatic rings. The summed E-state index contributed by atoms with van der Waals surface area (Å²) >= 11 is 0. The lowest BCUT2D eigenvalue weighted by Crippen LogP contribution is -2.43. The van der Waals surface area contributed by atoms with Gasteiger partial charge in [0.1, 0.15) is 5.82 Å². The van der Waals surface area contributed by atoms with Crippen LogP contribution in [-0.2, 0) is 0 Å². The van der Waals surface area contributed by atoms with Gasteiger partial charge in [0, 0.05) is 25.0 Å². The van der Waals surface area contributed by atoms with E-state index in [9.17, 15) is 4.79 Å². The molecule has 3 heterocycles. The molecule has 116 valence electrons. The van der Waals surface area contributed by atoms with E-state index in [1.165, 1.54) is 12.8 Å². The van der Waals surface area contributed by atoms with Crippen LogP contribution in [0.4, 0.5) is 0 Å². The Morgan fingerprint density at radius 1 is 1.29 bits per heavy atom. The first-order chi connectivity index (χ1) is 10.1. The van der Waals surface area contributed by atoms with Gasteiger partial charge in [-0.15, -0.1) is 5.10 Å². The van der Waals surface area contributed by atoms with E-state index in [2.05, 4.69) is 20.5 Å². The fourth-order valence-corrected chi connectivity index (χ4v) is 3.39. The number of aromatic nitrogens is 3. The van der Waals surface area contributed by atoms with Crippen molar-refractivity contribution in [3.8, 4) is 0 Å². The fourth-order valence-electron chi connectivity index (χ4n) is 3.39. The summed E-state index contributed by atoms with van der Waals surface area (Å²) in [4.78, 5) is 18.6. The molecule has 0 aromatic carbocycles. The largest absolute Gasteiger partial charge is 0.336 e. The maximum Gasteiger partial charge on any atom is 0.293 e. The molecular formula is C15H25N5O. The van der Waals surface area contributed by atoms with Gasteiger partial charge in [0.15, 0.2) is 0 Å². The third-order valence-corrected chi connectivity index (χ3v) is 4.74. The number of hydrogen-bond donors (Lipinski definition) is 2. The minimum absolute atomic E-state index is 0.0315. The van der Waals surface area contributed by atoms with E-state index in [1.807, 2.05) is 18.7 Å². The molecule has 21 heavy (non-hydrogen) atoms. The molecule has 2 N–H and O–H groups in total. The average molecular weight is 291 g/mol. The highest BCUT2D eigenvalue weighted by molar-refractivity contribution is 5.90. The number of amides is 1. The summed E-state index contributed by atoms with van der Waals surface area (Å²) in [5, 5.41) is 10.5. The number of piperidine rings is 1. The zero-order chi connectivity index (χ0) is 14.8. The molecule has 6 nitrogen and oxygen atoms in total. The van der Waals surface area contributed by atoms with Crippen molar-refractivity contribution in [1.82, 2.24) is 25.4 Å². The van der Waals surface area contributed by atoms with Gasteiger partial charge in [-0.1, -0.05) is 13.8 Å². The molecule has 1 aromatic heterocycles. The lowest BCUT2D eigenvalue weighted by molar-refractivity contribution is 0.0662. The Balaban J connectivity index is 1.56. The molecule has 2 aliphatic heterocycles. The Bertz CT molecular complexity index is 484. The lowest BCUT2D eigenvalue weighted by Gasteiger charge is -2.34. The summed E-state index contributed by atoms with van der Waals surface area (Å²) in [6.45, 7) is 6.88. The molecule has 1 atom stereocenters. The second-order valence-corrected chi connectivity index (χ2v) is 6.53. The van der Waals surface area contributed by atoms with Gasteiger partial charge in [-0.05, 0) is 38.1 Å². The van der Waals surface area contributed by atoms with Crippen LogP contribution in [-0.4, -0.2) is 51.7 Å². The average Bonchev–Trinajstić information content (AvgIpc) is 3.18. The molecule has 0 aliphatic carbocycles. The quantitative estimate of drug-likeness (QED) is 0.886. The summed E-state index contributed by atoms with van der Waals surface area (Å²) < 4.78 is 0. The highest BCUT2D eigenvalue weighted by atomic mass is 16.2. The first-order valence-corrected chi connectivity index (χ1v) is 8.10. The number of H-pyrrole nitrogens is 1. The van der Waals surface area contributed by atoms with Gasteiger partial charge in [-0.2, -0.15) is 0 Å². The molecule has 1 unspecified atom stereocenters. The molecule has 0 spiro atoms. The second kappa shape index (κ2) is 6.13. The Hall–Kier alpha value is -1.43. The third kappa shape index (κ3) is 3.10. The van der Waals surface area contributed by atoms with E-state index in [4.69, 9.17) is 0 Å². The van der Waals surface area contributed by atoms with Gasteiger partial charge in [-0.25, -0.2) is 4.98 Å². The van der Waals surface area contributed by atoms with E-state index in [0.717, 1.165) is 44.2 Å². The van der Waals surface area contributed by atoms with Crippen LogP contribution in [0.5, 0.6) is 0 Å². The summed E-state index contributed by atoms with van der Waals surface area (Å²) in [6, 6.07) is 0.665. The van der Waals surface area contributed by atoms with Crippen molar-refractivity contribution in [1.29, 1.82) is 0 Å². The topological polar surface area (TPSA) is 73.9 Å². The summed E-state index contributed by atoms with van der Waals surface area (Å²) in [6.07, 6.45) is 4.76. The minimum Gasteiger partial charge on any atom is -0.336 e. The van der Waals surface area contributed by atoms with E-state index in [0.29, 0.717) is 11.9 Å². The Morgan fingerprint density at radius 3 is 2.62 bits per heavy atom. The first kappa shape index (κ1) is 14.5. The predicted octanol–water partition coefficient (Wildman–Crippen LogP) is 1.53. The number of hydrogen-bond acceptors (Lipinski definition) is 4. The molecule has 2 aliphatic rings. The second-order valence-electron chi connectivity index (χ2n) is 6.53. The van der Waals surface area contributed by atoms with E-state index in [-0.39, 0.29) is 11.8 Å². The molecule has 0 saturated carbocycles. The fraction of sp³-hybridized carbons (Fsp3) is 0.800. The van der Waals surface area contributed by atoms with Crippen LogP contribution in [0.3, 0.4) is 0 Å². The van der Waals surface area contributed by atoms with Crippen LogP contribution in [0.2, 0.25) is 0 Å². The van der Waals surface area contributed by atoms with Crippen molar-refractivity contribution < 1.29 is 4.79 Å². The third-order valence-electron chi connectivity index (χ3n) is 4.74. The highest BCUT2D eigenvalue weighted by Gasteiger charge is 2.31. The molecule has 3 rings (SSSR count). The Labute approximate surface area is 125 Å². The maximum atomic E-state index is 12.4. The Kier molecular flexibility index (Phi) is 4.24. The molecule has 0 bridgehead atoms. The van der Waals surface area contributed by atoms with Gasteiger partial charge in [0.2, 0.25) is 5.82 Å². The van der Waals surface area contributed by atoms with E-state index >= 15 is 0 Å². The number of nitrogens with one attached hydrogen (secondary N) is 2. The molecular weight excluding hydrogens is 266 g/mol. The summed E-state index contributed by atoms with van der Waals surface area (Å²) in [5.41, 5.74) is 0. The van der Waals surface area contributed by atoms with Crippen molar-refractivity contribution in [2.45, 2.75) is 51.5 Å².